The monoisotopic (exact) mass is 270 g/mol. The molecule has 1 amide bonds. The molecule has 102 valence electrons. The fraction of sp³-hybridized carbons (Fsp3) is 0.417. The Bertz CT molecular complexity index is 542. The predicted octanol–water partition coefficient (Wildman–Crippen LogP) is 2.40. The van der Waals surface area contributed by atoms with Gasteiger partial charge in [0.05, 0.1) is 4.92 Å². The summed E-state index contributed by atoms with van der Waals surface area (Å²) in [7, 11) is 0. The third-order valence-corrected chi connectivity index (χ3v) is 3.20. The Morgan fingerprint density at radius 1 is 1.42 bits per heavy atom. The normalized spacial score (nSPS) is 21.6. The van der Waals surface area contributed by atoms with Gasteiger partial charge in [-0.2, -0.15) is 4.39 Å². The van der Waals surface area contributed by atoms with Crippen LogP contribution in [0.2, 0.25) is 0 Å². The molecule has 5 nitrogen and oxygen atoms in total. The maximum absolute atomic E-state index is 13.7. The zero-order chi connectivity index (χ0) is 14.2. The number of carbonyl (C=O) groups excluding carboxylic acids is 1. The number of hydrogen-bond acceptors (Lipinski definition) is 3. The van der Waals surface area contributed by atoms with E-state index in [1.54, 1.807) is 0 Å². The highest BCUT2D eigenvalue weighted by Gasteiger charge is 2.31. The molecule has 1 aliphatic rings. The quantitative estimate of drug-likeness (QED) is 0.677. The minimum Gasteiger partial charge on any atom is -0.349 e. The summed E-state index contributed by atoms with van der Waals surface area (Å²) in [5.41, 5.74) is -1.80. The molecule has 0 heterocycles. The van der Waals surface area contributed by atoms with Crippen molar-refractivity contribution in [1.29, 1.82) is 0 Å². The van der Waals surface area contributed by atoms with Gasteiger partial charge < -0.3 is 5.32 Å². The molecule has 0 saturated heterocycles. The van der Waals surface area contributed by atoms with Crippen molar-refractivity contribution in [1.82, 2.24) is 5.32 Å². The van der Waals surface area contributed by atoms with Gasteiger partial charge in [-0.05, 0) is 24.8 Å². The average Bonchev–Trinajstić information content (AvgIpc) is 2.26. The van der Waals surface area contributed by atoms with Crippen LogP contribution in [0.15, 0.2) is 12.1 Å². The van der Waals surface area contributed by atoms with Gasteiger partial charge in [-0.3, -0.25) is 14.9 Å². The highest BCUT2D eigenvalue weighted by molar-refractivity contribution is 5.95. The fourth-order valence-corrected chi connectivity index (χ4v) is 2.17. The van der Waals surface area contributed by atoms with Crippen LogP contribution >= 0.6 is 0 Å². The third kappa shape index (κ3) is 2.54. The molecule has 1 aromatic carbocycles. The third-order valence-electron chi connectivity index (χ3n) is 3.20. The van der Waals surface area contributed by atoms with Crippen LogP contribution in [-0.2, 0) is 0 Å². The summed E-state index contributed by atoms with van der Waals surface area (Å²) in [4.78, 5) is 21.3. The topological polar surface area (TPSA) is 72.2 Å². The van der Waals surface area contributed by atoms with Crippen molar-refractivity contribution in [2.45, 2.75) is 25.8 Å². The summed E-state index contributed by atoms with van der Waals surface area (Å²) in [5.74, 6) is -3.02. The van der Waals surface area contributed by atoms with Gasteiger partial charge in [-0.1, -0.05) is 6.92 Å². The van der Waals surface area contributed by atoms with E-state index in [1.165, 1.54) is 0 Å². The van der Waals surface area contributed by atoms with E-state index in [0.29, 0.717) is 12.0 Å². The molecule has 1 aliphatic carbocycles. The second-order valence-corrected chi connectivity index (χ2v) is 4.76. The SMILES string of the molecule is CC1CC(NC(=O)c2c(F)ccc([N+](=O)[O-])c2F)C1. The molecule has 0 bridgehead atoms. The lowest BCUT2D eigenvalue weighted by Gasteiger charge is -2.33. The summed E-state index contributed by atoms with van der Waals surface area (Å²) in [5, 5.41) is 13.0. The van der Waals surface area contributed by atoms with Gasteiger partial charge in [0.1, 0.15) is 11.4 Å². The van der Waals surface area contributed by atoms with Crippen LogP contribution in [0.3, 0.4) is 0 Å². The zero-order valence-electron chi connectivity index (χ0n) is 10.2. The van der Waals surface area contributed by atoms with Gasteiger partial charge in [0.25, 0.3) is 5.91 Å². The lowest BCUT2D eigenvalue weighted by molar-refractivity contribution is -0.387. The molecule has 1 N–H and O–H groups in total. The molecule has 7 heteroatoms. The van der Waals surface area contributed by atoms with Gasteiger partial charge in [-0.15, -0.1) is 0 Å². The predicted molar refractivity (Wildman–Crippen MR) is 62.7 cm³/mol. The molecule has 2 rings (SSSR count). The summed E-state index contributed by atoms with van der Waals surface area (Å²) < 4.78 is 27.2. The first-order chi connectivity index (χ1) is 8.90. The van der Waals surface area contributed by atoms with E-state index in [0.717, 1.165) is 18.9 Å². The van der Waals surface area contributed by atoms with E-state index in [9.17, 15) is 23.7 Å². The summed E-state index contributed by atoms with van der Waals surface area (Å²) in [6, 6.07) is 1.30. The van der Waals surface area contributed by atoms with Crippen LogP contribution < -0.4 is 5.32 Å². The Hall–Kier alpha value is -2.05. The van der Waals surface area contributed by atoms with Crippen LogP contribution in [0.25, 0.3) is 0 Å². The number of amides is 1. The first kappa shape index (κ1) is 13.4. The Morgan fingerprint density at radius 3 is 2.58 bits per heavy atom. The van der Waals surface area contributed by atoms with Crippen LogP contribution in [0.4, 0.5) is 14.5 Å². The lowest BCUT2D eigenvalue weighted by Crippen LogP contribution is -2.43. The largest absolute Gasteiger partial charge is 0.349 e. The second kappa shape index (κ2) is 4.91. The molecule has 19 heavy (non-hydrogen) atoms. The Kier molecular flexibility index (Phi) is 3.46. The maximum Gasteiger partial charge on any atom is 0.305 e. The van der Waals surface area contributed by atoms with E-state index in [1.807, 2.05) is 6.92 Å². The van der Waals surface area contributed by atoms with Crippen molar-refractivity contribution >= 4 is 11.6 Å². The van der Waals surface area contributed by atoms with Crippen molar-refractivity contribution in [2.75, 3.05) is 0 Å². The zero-order valence-corrected chi connectivity index (χ0v) is 10.2. The smallest absolute Gasteiger partial charge is 0.305 e. The molecule has 0 aromatic heterocycles. The molecule has 0 atom stereocenters. The number of hydrogen-bond donors (Lipinski definition) is 1. The molecule has 0 spiro atoms. The van der Waals surface area contributed by atoms with E-state index >= 15 is 0 Å². The molecule has 1 saturated carbocycles. The van der Waals surface area contributed by atoms with Gasteiger partial charge in [0, 0.05) is 12.1 Å². The van der Waals surface area contributed by atoms with Gasteiger partial charge >= 0.3 is 5.69 Å². The van der Waals surface area contributed by atoms with Crippen molar-refractivity contribution in [3.63, 3.8) is 0 Å². The highest BCUT2D eigenvalue weighted by atomic mass is 19.1. The number of nitro benzene ring substituents is 1. The molecular formula is C12H12F2N2O3. The van der Waals surface area contributed by atoms with Crippen molar-refractivity contribution in [3.05, 3.63) is 39.4 Å². The standard InChI is InChI=1S/C12H12F2N2O3/c1-6-4-7(5-6)15-12(17)10-8(13)2-3-9(11(10)14)16(18)19/h2-3,6-7H,4-5H2,1H3,(H,15,17). The minimum atomic E-state index is -1.44. The Morgan fingerprint density at radius 2 is 2.05 bits per heavy atom. The Balaban J connectivity index is 2.25. The van der Waals surface area contributed by atoms with E-state index < -0.39 is 33.7 Å². The second-order valence-electron chi connectivity index (χ2n) is 4.76. The molecule has 0 unspecified atom stereocenters. The minimum absolute atomic E-state index is 0.124. The van der Waals surface area contributed by atoms with E-state index in [-0.39, 0.29) is 6.04 Å². The number of rotatable bonds is 3. The molecule has 1 fully saturated rings. The highest BCUT2D eigenvalue weighted by Crippen LogP contribution is 2.28. The summed E-state index contributed by atoms with van der Waals surface area (Å²) in [6.45, 7) is 2.00. The van der Waals surface area contributed by atoms with Crippen molar-refractivity contribution in [3.8, 4) is 0 Å². The van der Waals surface area contributed by atoms with Crippen molar-refractivity contribution < 1.29 is 18.5 Å². The van der Waals surface area contributed by atoms with Gasteiger partial charge in [0.2, 0.25) is 5.82 Å². The fourth-order valence-electron chi connectivity index (χ4n) is 2.17. The number of nitro groups is 1. The molecule has 0 radical (unpaired) electrons. The van der Waals surface area contributed by atoms with E-state index in [4.69, 9.17) is 0 Å². The first-order valence-electron chi connectivity index (χ1n) is 5.83. The Labute approximate surface area is 107 Å². The summed E-state index contributed by atoms with van der Waals surface area (Å²) >= 11 is 0. The van der Waals surface area contributed by atoms with Gasteiger partial charge in [0.15, 0.2) is 0 Å². The number of halogens is 2. The first-order valence-corrected chi connectivity index (χ1v) is 5.83. The van der Waals surface area contributed by atoms with Crippen LogP contribution in [0.5, 0.6) is 0 Å². The van der Waals surface area contributed by atoms with Crippen LogP contribution in [0.1, 0.15) is 30.1 Å². The summed E-state index contributed by atoms with van der Waals surface area (Å²) in [6.07, 6.45) is 1.48. The maximum atomic E-state index is 13.7. The number of nitrogens with zero attached hydrogens (tertiary/aromatic N) is 1. The molecule has 1 aromatic rings. The average molecular weight is 270 g/mol. The van der Waals surface area contributed by atoms with Crippen molar-refractivity contribution in [2.24, 2.45) is 5.92 Å². The lowest BCUT2D eigenvalue weighted by atomic mass is 9.82. The number of carbonyl (C=O) groups is 1. The molecule has 0 aliphatic heterocycles. The molecular weight excluding hydrogens is 258 g/mol. The van der Waals surface area contributed by atoms with E-state index in [2.05, 4.69) is 5.32 Å². The number of benzene rings is 1. The van der Waals surface area contributed by atoms with Gasteiger partial charge in [-0.25, -0.2) is 4.39 Å². The number of nitrogens with one attached hydrogen (secondary N) is 1. The van der Waals surface area contributed by atoms with Crippen LogP contribution in [-0.4, -0.2) is 16.9 Å². The van der Waals surface area contributed by atoms with Crippen LogP contribution in [0, 0.1) is 27.7 Å².